The van der Waals surface area contributed by atoms with E-state index in [4.69, 9.17) is 10.7 Å². The van der Waals surface area contributed by atoms with Gasteiger partial charge in [-0.1, -0.05) is 36.4 Å². The molecule has 0 aliphatic carbocycles. The number of pyridine rings is 1. The van der Waals surface area contributed by atoms with Crippen molar-refractivity contribution in [3.63, 3.8) is 0 Å². The minimum Gasteiger partial charge on any atom is -0.351 e. The summed E-state index contributed by atoms with van der Waals surface area (Å²) in [7, 11) is 0. The number of hydrogen-bond acceptors (Lipinski definition) is 5. The monoisotopic (exact) mass is 480 g/mol. The van der Waals surface area contributed by atoms with E-state index < -0.39 is 0 Å². The number of aromatic nitrogens is 3. The minimum atomic E-state index is -0.204. The smallest absolute Gasteiger partial charge is 0.251 e. The van der Waals surface area contributed by atoms with Gasteiger partial charge in [-0.05, 0) is 43.2 Å². The maximum absolute atomic E-state index is 12.6. The molecule has 36 heavy (non-hydrogen) atoms. The molecule has 1 amide bonds. The van der Waals surface area contributed by atoms with Gasteiger partial charge in [0.05, 0.1) is 5.52 Å². The first-order valence-electron chi connectivity index (χ1n) is 11.8. The number of fused-ring (bicyclic) bond motifs is 2. The van der Waals surface area contributed by atoms with Gasteiger partial charge >= 0.3 is 0 Å². The largest absolute Gasteiger partial charge is 0.351 e. The molecule has 0 atom stereocenters. The Morgan fingerprint density at radius 1 is 1.03 bits per heavy atom. The van der Waals surface area contributed by atoms with Gasteiger partial charge < -0.3 is 16.4 Å². The van der Waals surface area contributed by atoms with E-state index in [0.717, 1.165) is 39.1 Å². The van der Waals surface area contributed by atoms with Crippen LogP contribution in [-0.4, -0.2) is 38.9 Å². The van der Waals surface area contributed by atoms with Gasteiger partial charge in [-0.25, -0.2) is 4.98 Å². The zero-order valence-corrected chi connectivity index (χ0v) is 20.5. The average molecular weight is 481 g/mol. The SMILES string of the molecule is CC(=O)n1cc(-c2nc3cc(C(=O)NCCN)ccn3c2Nc2c(C)cccc2C)c2ccccc21. The molecule has 8 nitrogen and oxygen atoms in total. The van der Waals surface area contributed by atoms with E-state index in [2.05, 4.69) is 36.6 Å². The van der Waals surface area contributed by atoms with Crippen molar-refractivity contribution in [1.29, 1.82) is 0 Å². The van der Waals surface area contributed by atoms with Crippen LogP contribution in [0.15, 0.2) is 67.0 Å². The molecule has 0 unspecified atom stereocenters. The van der Waals surface area contributed by atoms with Crippen LogP contribution in [0.1, 0.15) is 33.2 Å². The number of benzene rings is 2. The lowest BCUT2D eigenvalue weighted by molar-refractivity contribution is 0.0937. The summed E-state index contributed by atoms with van der Waals surface area (Å²) in [6, 6.07) is 17.4. The van der Waals surface area contributed by atoms with Gasteiger partial charge in [-0.15, -0.1) is 0 Å². The molecule has 5 rings (SSSR count). The molecule has 4 N–H and O–H groups in total. The number of anilines is 2. The number of nitrogens with one attached hydrogen (secondary N) is 2. The van der Waals surface area contributed by atoms with Crippen molar-refractivity contribution in [3.05, 3.63) is 83.7 Å². The van der Waals surface area contributed by atoms with Crippen molar-refractivity contribution in [2.45, 2.75) is 20.8 Å². The molecule has 0 bridgehead atoms. The molecular weight excluding hydrogens is 452 g/mol. The fourth-order valence-electron chi connectivity index (χ4n) is 4.54. The second kappa shape index (κ2) is 9.31. The van der Waals surface area contributed by atoms with Crippen molar-refractivity contribution in [2.24, 2.45) is 5.73 Å². The quantitative estimate of drug-likeness (QED) is 0.328. The molecule has 3 heterocycles. The van der Waals surface area contributed by atoms with Gasteiger partial charge in [0.15, 0.2) is 0 Å². The summed E-state index contributed by atoms with van der Waals surface area (Å²) < 4.78 is 3.57. The van der Waals surface area contributed by atoms with E-state index in [0.29, 0.717) is 30.0 Å². The zero-order chi connectivity index (χ0) is 25.4. The first-order chi connectivity index (χ1) is 17.4. The van der Waals surface area contributed by atoms with E-state index in [1.165, 1.54) is 0 Å². The molecule has 0 saturated heterocycles. The van der Waals surface area contributed by atoms with Gasteiger partial charge in [0.2, 0.25) is 5.91 Å². The van der Waals surface area contributed by atoms with Gasteiger partial charge in [0.25, 0.3) is 5.91 Å². The number of carbonyl (C=O) groups excluding carboxylic acids is 2. The van der Waals surface area contributed by atoms with E-state index in [9.17, 15) is 9.59 Å². The number of nitrogens with zero attached hydrogens (tertiary/aromatic N) is 3. The van der Waals surface area contributed by atoms with Crippen LogP contribution in [0.3, 0.4) is 0 Å². The molecule has 0 aliphatic heterocycles. The highest BCUT2D eigenvalue weighted by Crippen LogP contribution is 2.38. The fourth-order valence-corrected chi connectivity index (χ4v) is 4.54. The van der Waals surface area contributed by atoms with Crippen LogP contribution in [0.5, 0.6) is 0 Å². The van der Waals surface area contributed by atoms with Crippen LogP contribution in [0.4, 0.5) is 11.5 Å². The third-order valence-electron chi connectivity index (χ3n) is 6.35. The lowest BCUT2D eigenvalue weighted by Gasteiger charge is -2.14. The predicted molar refractivity (Wildman–Crippen MR) is 143 cm³/mol. The Balaban J connectivity index is 1.75. The molecular formula is C28H28N6O2. The topological polar surface area (TPSA) is 106 Å². The molecule has 2 aromatic carbocycles. The van der Waals surface area contributed by atoms with Crippen molar-refractivity contribution in [3.8, 4) is 11.3 Å². The van der Waals surface area contributed by atoms with E-state index >= 15 is 0 Å². The second-order valence-electron chi connectivity index (χ2n) is 8.84. The molecule has 0 spiro atoms. The first kappa shape index (κ1) is 23.3. The van der Waals surface area contributed by atoms with E-state index in [1.54, 1.807) is 23.6 Å². The van der Waals surface area contributed by atoms with Crippen molar-refractivity contribution in [2.75, 3.05) is 18.4 Å². The summed E-state index contributed by atoms with van der Waals surface area (Å²) in [4.78, 5) is 30.0. The van der Waals surface area contributed by atoms with Crippen molar-refractivity contribution < 1.29 is 9.59 Å². The number of amides is 1. The van der Waals surface area contributed by atoms with Crippen LogP contribution < -0.4 is 16.4 Å². The van der Waals surface area contributed by atoms with Crippen molar-refractivity contribution in [1.82, 2.24) is 19.3 Å². The molecule has 182 valence electrons. The Bertz CT molecular complexity index is 1610. The molecule has 0 fully saturated rings. The standard InChI is InChI=1S/C28H28N6O2/c1-17-7-6-8-18(2)25(17)32-27-26(22-16-34(19(3)35)23-10-5-4-9-21(22)23)31-24-15-20(11-14-33(24)27)28(36)30-13-12-29/h4-11,14-16,32H,12-13,29H2,1-3H3,(H,30,36). The van der Waals surface area contributed by atoms with E-state index in [1.807, 2.05) is 47.1 Å². The maximum atomic E-state index is 12.6. The third-order valence-corrected chi connectivity index (χ3v) is 6.35. The molecule has 3 aromatic heterocycles. The fraction of sp³-hybridized carbons (Fsp3) is 0.179. The Kier molecular flexibility index (Phi) is 6.03. The van der Waals surface area contributed by atoms with Crippen LogP contribution in [-0.2, 0) is 0 Å². The molecule has 0 radical (unpaired) electrons. The molecule has 5 aromatic rings. The summed E-state index contributed by atoms with van der Waals surface area (Å²) in [5, 5.41) is 7.33. The normalized spacial score (nSPS) is 11.2. The Morgan fingerprint density at radius 3 is 2.50 bits per heavy atom. The van der Waals surface area contributed by atoms with Gasteiger partial charge in [-0.3, -0.25) is 18.6 Å². The highest BCUT2D eigenvalue weighted by Gasteiger charge is 2.22. The summed E-state index contributed by atoms with van der Waals surface area (Å²) in [5.74, 6) is 0.469. The summed E-state index contributed by atoms with van der Waals surface area (Å²) in [6.07, 6.45) is 3.67. The molecule has 0 aliphatic rings. The predicted octanol–water partition coefficient (Wildman–Crippen LogP) is 4.67. The summed E-state index contributed by atoms with van der Waals surface area (Å²) in [5.41, 5.74) is 12.2. The first-order valence-corrected chi connectivity index (χ1v) is 11.8. The van der Waals surface area contributed by atoms with E-state index in [-0.39, 0.29) is 11.8 Å². The number of nitrogens with two attached hydrogens (primary N) is 1. The second-order valence-corrected chi connectivity index (χ2v) is 8.84. The van der Waals surface area contributed by atoms with Gasteiger partial charge in [0.1, 0.15) is 17.2 Å². The molecule has 8 heteroatoms. The molecule has 0 saturated carbocycles. The number of rotatable bonds is 6. The Hall–Kier alpha value is -4.43. The Morgan fingerprint density at radius 2 is 1.78 bits per heavy atom. The minimum absolute atomic E-state index is 0.0793. The summed E-state index contributed by atoms with van der Waals surface area (Å²) >= 11 is 0. The van der Waals surface area contributed by atoms with Crippen LogP contribution in [0.2, 0.25) is 0 Å². The van der Waals surface area contributed by atoms with Gasteiger partial charge in [-0.2, -0.15) is 0 Å². The van der Waals surface area contributed by atoms with Crippen molar-refractivity contribution >= 4 is 39.9 Å². The maximum Gasteiger partial charge on any atom is 0.251 e. The number of aryl methyl sites for hydroxylation is 2. The number of imidazole rings is 1. The van der Waals surface area contributed by atoms with Crippen LogP contribution >= 0.6 is 0 Å². The lowest BCUT2D eigenvalue weighted by atomic mass is 10.1. The van der Waals surface area contributed by atoms with Crippen LogP contribution in [0.25, 0.3) is 27.8 Å². The number of hydrogen-bond donors (Lipinski definition) is 3. The lowest BCUT2D eigenvalue weighted by Crippen LogP contribution is -2.29. The third kappa shape index (κ3) is 4.01. The average Bonchev–Trinajstić information content (AvgIpc) is 3.43. The highest BCUT2D eigenvalue weighted by atomic mass is 16.2. The Labute approximate surface area is 208 Å². The number of para-hydroxylation sites is 2. The number of carbonyl (C=O) groups is 2. The summed E-state index contributed by atoms with van der Waals surface area (Å²) in [6.45, 7) is 6.42. The van der Waals surface area contributed by atoms with Gasteiger partial charge in [0, 0.05) is 54.6 Å². The zero-order valence-electron chi connectivity index (χ0n) is 20.5. The van der Waals surface area contributed by atoms with Crippen LogP contribution in [0, 0.1) is 13.8 Å². The highest BCUT2D eigenvalue weighted by molar-refractivity contribution is 6.03.